The highest BCUT2D eigenvalue weighted by atomic mass is 16.4. The Labute approximate surface area is 165 Å². The lowest BCUT2D eigenvalue weighted by Gasteiger charge is -2.26. The van der Waals surface area contributed by atoms with Gasteiger partial charge in [-0.1, -0.05) is 23.8 Å². The molecule has 0 unspecified atom stereocenters. The first-order chi connectivity index (χ1) is 13.9. The fourth-order valence-electron chi connectivity index (χ4n) is 3.55. The zero-order valence-corrected chi connectivity index (χ0v) is 15.5. The van der Waals surface area contributed by atoms with Crippen LogP contribution in [0.5, 0.6) is 5.75 Å². The van der Waals surface area contributed by atoms with Crippen molar-refractivity contribution in [3.8, 4) is 5.75 Å². The summed E-state index contributed by atoms with van der Waals surface area (Å²) in [5, 5.41) is 9.46. The van der Waals surface area contributed by atoms with Crippen molar-refractivity contribution in [1.29, 1.82) is 0 Å². The molecule has 1 aromatic heterocycles. The van der Waals surface area contributed by atoms with Gasteiger partial charge in [0, 0.05) is 25.7 Å². The van der Waals surface area contributed by atoms with E-state index >= 15 is 0 Å². The minimum Gasteiger partial charge on any atom is -0.508 e. The largest absolute Gasteiger partial charge is 0.508 e. The van der Waals surface area contributed by atoms with E-state index in [2.05, 4.69) is 0 Å². The van der Waals surface area contributed by atoms with Crippen LogP contribution in [0, 0.1) is 0 Å². The van der Waals surface area contributed by atoms with Crippen molar-refractivity contribution in [3.63, 3.8) is 0 Å². The van der Waals surface area contributed by atoms with E-state index in [1.165, 1.54) is 9.80 Å². The second-order valence-corrected chi connectivity index (χ2v) is 6.92. The minimum absolute atomic E-state index is 0.210. The molecule has 0 saturated heterocycles. The number of carbonyl (C=O) groups excluding carboxylic acids is 3. The van der Waals surface area contributed by atoms with Gasteiger partial charge in [0.1, 0.15) is 5.75 Å². The van der Waals surface area contributed by atoms with Crippen molar-refractivity contribution < 1.29 is 23.9 Å². The monoisotopic (exact) mass is 394 g/mol. The van der Waals surface area contributed by atoms with E-state index in [9.17, 15) is 24.3 Å². The van der Waals surface area contributed by atoms with Crippen molar-refractivity contribution in [2.24, 2.45) is 0 Å². The van der Waals surface area contributed by atoms with Crippen molar-refractivity contribution in [1.82, 2.24) is 9.80 Å². The molecule has 0 bridgehead atoms. The summed E-state index contributed by atoms with van der Waals surface area (Å²) in [5.41, 5.74) is 1.12. The number of fused-ring (bicyclic) bond motifs is 1. The van der Waals surface area contributed by atoms with E-state index in [0.717, 1.165) is 17.7 Å². The van der Waals surface area contributed by atoms with E-state index < -0.39 is 11.5 Å². The third kappa shape index (κ3) is 3.56. The Balaban J connectivity index is 1.37. The number of hydrogen-bond donors (Lipinski definition) is 1. The summed E-state index contributed by atoms with van der Waals surface area (Å²) in [6, 6.07) is 8.78. The summed E-state index contributed by atoms with van der Waals surface area (Å²) in [6.07, 6.45) is 2.99. The van der Waals surface area contributed by atoms with Crippen molar-refractivity contribution >= 4 is 17.7 Å². The van der Waals surface area contributed by atoms with Gasteiger partial charge in [0.25, 0.3) is 17.7 Å². The van der Waals surface area contributed by atoms with Gasteiger partial charge in [-0.3, -0.25) is 19.3 Å². The Morgan fingerprint density at radius 2 is 1.76 bits per heavy atom. The predicted octanol–water partition coefficient (Wildman–Crippen LogP) is 1.80. The molecule has 4 rings (SSSR count). The number of benzene rings is 1. The second-order valence-electron chi connectivity index (χ2n) is 6.92. The molecule has 2 aromatic rings. The van der Waals surface area contributed by atoms with Gasteiger partial charge < -0.3 is 14.4 Å². The number of rotatable bonds is 4. The fourth-order valence-corrected chi connectivity index (χ4v) is 3.55. The predicted molar refractivity (Wildman–Crippen MR) is 102 cm³/mol. The minimum atomic E-state index is -0.789. The van der Waals surface area contributed by atoms with E-state index in [0.29, 0.717) is 37.1 Å². The van der Waals surface area contributed by atoms with Gasteiger partial charge in [-0.2, -0.15) is 0 Å². The van der Waals surface area contributed by atoms with Gasteiger partial charge >= 0.3 is 5.63 Å². The lowest BCUT2D eigenvalue weighted by Crippen LogP contribution is -2.36. The maximum Gasteiger partial charge on any atom is 0.340 e. The molecule has 1 aromatic carbocycles. The van der Waals surface area contributed by atoms with Crippen molar-refractivity contribution in [2.45, 2.75) is 12.8 Å². The molecule has 2 aliphatic rings. The molecule has 8 heteroatoms. The third-order valence-electron chi connectivity index (χ3n) is 5.09. The molecule has 3 amide bonds. The van der Waals surface area contributed by atoms with E-state index in [4.69, 9.17) is 4.42 Å². The van der Waals surface area contributed by atoms with Crippen LogP contribution in [0.1, 0.15) is 44.1 Å². The summed E-state index contributed by atoms with van der Waals surface area (Å²) in [5.74, 6) is -1.57. The van der Waals surface area contributed by atoms with Crippen LogP contribution in [0.25, 0.3) is 0 Å². The molecule has 2 aliphatic heterocycles. The van der Waals surface area contributed by atoms with Gasteiger partial charge in [-0.05, 0) is 25.0 Å². The van der Waals surface area contributed by atoms with Gasteiger partial charge in [-0.25, -0.2) is 4.79 Å². The topological polar surface area (TPSA) is 108 Å². The molecule has 0 radical (unpaired) electrons. The maximum absolute atomic E-state index is 12.4. The fraction of sp³-hybridized carbons (Fsp3) is 0.238. The van der Waals surface area contributed by atoms with Gasteiger partial charge in [0.15, 0.2) is 5.76 Å². The van der Waals surface area contributed by atoms with Gasteiger partial charge in [0.2, 0.25) is 0 Å². The van der Waals surface area contributed by atoms with Gasteiger partial charge in [-0.15, -0.1) is 0 Å². The zero-order valence-electron chi connectivity index (χ0n) is 15.5. The lowest BCUT2D eigenvalue weighted by atomic mass is 10.0. The van der Waals surface area contributed by atoms with Gasteiger partial charge in [0.05, 0.1) is 17.2 Å². The van der Waals surface area contributed by atoms with Crippen LogP contribution in [0.15, 0.2) is 57.3 Å². The standard InChI is InChI=1S/C21H18N2O6/c24-14-11-17(29-18(25)12-14)21(28)22-8-5-13(6-9-22)7-10-23-19(26)15-3-1-2-4-16(15)20(23)27/h1-5,11-12,24H,6-10H2. The highest BCUT2D eigenvalue weighted by Gasteiger charge is 2.34. The molecule has 3 heterocycles. The number of imide groups is 1. The van der Waals surface area contributed by atoms with Crippen LogP contribution in [0.2, 0.25) is 0 Å². The quantitative estimate of drug-likeness (QED) is 0.626. The van der Waals surface area contributed by atoms with Crippen LogP contribution >= 0.6 is 0 Å². The average molecular weight is 394 g/mol. The number of aromatic hydroxyl groups is 1. The van der Waals surface area contributed by atoms with Crippen molar-refractivity contribution in [2.75, 3.05) is 19.6 Å². The molecule has 148 valence electrons. The first-order valence-electron chi connectivity index (χ1n) is 9.20. The summed E-state index contributed by atoms with van der Waals surface area (Å²) >= 11 is 0. The SMILES string of the molecule is O=C(c1cc(O)cc(=O)o1)N1CC=C(CCN2C(=O)c3ccccc3C2=O)CC1. The molecular weight excluding hydrogens is 376 g/mol. The molecule has 0 atom stereocenters. The highest BCUT2D eigenvalue weighted by Crippen LogP contribution is 2.24. The third-order valence-corrected chi connectivity index (χ3v) is 5.09. The van der Waals surface area contributed by atoms with Crippen LogP contribution in [0.4, 0.5) is 0 Å². The van der Waals surface area contributed by atoms with Crippen LogP contribution in [-0.2, 0) is 0 Å². The first kappa shape index (κ1) is 18.7. The Kier molecular flexibility index (Phi) is 4.75. The molecule has 29 heavy (non-hydrogen) atoms. The summed E-state index contributed by atoms with van der Waals surface area (Å²) in [7, 11) is 0. The zero-order chi connectivity index (χ0) is 20.5. The molecule has 0 saturated carbocycles. The van der Waals surface area contributed by atoms with Crippen LogP contribution in [0.3, 0.4) is 0 Å². The summed E-state index contributed by atoms with van der Waals surface area (Å²) < 4.78 is 4.86. The maximum atomic E-state index is 12.4. The molecule has 1 N–H and O–H groups in total. The van der Waals surface area contributed by atoms with E-state index in [-0.39, 0.29) is 29.9 Å². The molecular formula is C21H18N2O6. The number of nitrogens with zero attached hydrogens (tertiary/aromatic N) is 2. The Hall–Kier alpha value is -3.68. The lowest BCUT2D eigenvalue weighted by molar-refractivity contribution is 0.0655. The van der Waals surface area contributed by atoms with Crippen molar-refractivity contribution in [3.05, 3.63) is 75.4 Å². The average Bonchev–Trinajstić information content (AvgIpc) is 2.96. The Morgan fingerprint density at radius 1 is 1.07 bits per heavy atom. The van der Waals surface area contributed by atoms with E-state index in [1.807, 2.05) is 6.08 Å². The molecule has 0 spiro atoms. The molecule has 0 fully saturated rings. The summed E-state index contributed by atoms with van der Waals surface area (Å²) in [4.78, 5) is 51.3. The Bertz CT molecular complexity index is 1070. The van der Waals surface area contributed by atoms with Crippen LogP contribution in [-0.4, -0.2) is 52.3 Å². The van der Waals surface area contributed by atoms with Crippen LogP contribution < -0.4 is 5.63 Å². The number of carbonyl (C=O) groups is 3. The van der Waals surface area contributed by atoms with E-state index in [1.54, 1.807) is 24.3 Å². The highest BCUT2D eigenvalue weighted by molar-refractivity contribution is 6.21. The molecule has 8 nitrogen and oxygen atoms in total. The normalized spacial score (nSPS) is 16.1. The second kappa shape index (κ2) is 7.38. The first-order valence-corrected chi connectivity index (χ1v) is 9.20. The Morgan fingerprint density at radius 3 is 2.34 bits per heavy atom. The smallest absolute Gasteiger partial charge is 0.340 e. The number of amides is 3. The molecule has 0 aliphatic carbocycles. The number of hydrogen-bond acceptors (Lipinski definition) is 6. The summed E-state index contributed by atoms with van der Waals surface area (Å²) in [6.45, 7) is 1.01.